The standard InChI is InChI=1S/C29H33F3N6O2/c1-35-18-33-34-27(35)26(22-10-19(11-22)17-39)21-6-5-7-23(13-21)37-16-25-24(29(30,31)32)12-20(15-38(25)28(37)40)14-36-8-3-2-4-9-36/h5-7,12-13,15-16,18-19,22,26,39H,2-4,8-11,14,17H2,1H3. The quantitative estimate of drug-likeness (QED) is 0.367. The number of aromatic nitrogens is 5. The van der Waals surface area contributed by atoms with Crippen molar-refractivity contribution >= 4 is 5.52 Å². The summed E-state index contributed by atoms with van der Waals surface area (Å²) in [6, 6.07) is 8.54. The highest BCUT2D eigenvalue weighted by atomic mass is 19.4. The fourth-order valence-corrected chi connectivity index (χ4v) is 6.40. The van der Waals surface area contributed by atoms with Gasteiger partial charge >= 0.3 is 11.9 Å². The molecule has 3 aromatic heterocycles. The van der Waals surface area contributed by atoms with Gasteiger partial charge in [-0.2, -0.15) is 13.2 Å². The lowest BCUT2D eigenvalue weighted by Crippen LogP contribution is -2.33. The lowest BCUT2D eigenvalue weighted by atomic mass is 9.66. The van der Waals surface area contributed by atoms with E-state index in [0.29, 0.717) is 17.8 Å². The molecule has 0 amide bonds. The molecule has 4 heterocycles. The number of imidazole rings is 1. The maximum atomic E-state index is 14.2. The second kappa shape index (κ2) is 10.5. The molecule has 6 rings (SSSR count). The van der Waals surface area contributed by atoms with Gasteiger partial charge in [0, 0.05) is 38.5 Å². The van der Waals surface area contributed by atoms with E-state index in [1.165, 1.54) is 16.8 Å². The van der Waals surface area contributed by atoms with E-state index in [9.17, 15) is 23.1 Å². The molecule has 1 atom stereocenters. The Bertz CT molecular complexity index is 1560. The molecule has 1 saturated heterocycles. The number of aryl methyl sites for hydroxylation is 1. The maximum Gasteiger partial charge on any atom is 0.418 e. The van der Waals surface area contributed by atoms with Crippen LogP contribution in [-0.4, -0.2) is 53.4 Å². The number of pyridine rings is 1. The Balaban J connectivity index is 1.41. The van der Waals surface area contributed by atoms with E-state index in [1.807, 2.05) is 29.8 Å². The number of piperidine rings is 1. The highest BCUT2D eigenvalue weighted by molar-refractivity contribution is 5.58. The molecule has 212 valence electrons. The number of alkyl halides is 3. The van der Waals surface area contributed by atoms with Crippen LogP contribution in [0, 0.1) is 11.8 Å². The minimum Gasteiger partial charge on any atom is -0.396 e. The summed E-state index contributed by atoms with van der Waals surface area (Å²) in [5.41, 5.74) is 0.343. The summed E-state index contributed by atoms with van der Waals surface area (Å²) in [6.45, 7) is 2.20. The summed E-state index contributed by atoms with van der Waals surface area (Å²) in [6.07, 6.45) is 4.73. The van der Waals surface area contributed by atoms with Crippen molar-refractivity contribution in [3.63, 3.8) is 0 Å². The van der Waals surface area contributed by atoms with Crippen molar-refractivity contribution in [1.82, 2.24) is 28.6 Å². The molecule has 8 nitrogen and oxygen atoms in total. The molecule has 1 aliphatic carbocycles. The fourth-order valence-electron chi connectivity index (χ4n) is 6.40. The Morgan fingerprint density at radius 1 is 1.10 bits per heavy atom. The van der Waals surface area contributed by atoms with Crippen LogP contribution in [0.5, 0.6) is 0 Å². The predicted molar refractivity (Wildman–Crippen MR) is 143 cm³/mol. The summed E-state index contributed by atoms with van der Waals surface area (Å²) in [7, 11) is 1.87. The van der Waals surface area contributed by atoms with Crippen LogP contribution in [0.15, 0.2) is 53.8 Å². The van der Waals surface area contributed by atoms with Gasteiger partial charge in [-0.1, -0.05) is 18.6 Å². The van der Waals surface area contributed by atoms with Crippen LogP contribution in [0.3, 0.4) is 0 Å². The van der Waals surface area contributed by atoms with Crippen molar-refractivity contribution < 1.29 is 18.3 Å². The van der Waals surface area contributed by atoms with Crippen LogP contribution in [-0.2, 0) is 19.8 Å². The highest BCUT2D eigenvalue weighted by Crippen LogP contribution is 2.46. The van der Waals surface area contributed by atoms with Crippen LogP contribution in [0.4, 0.5) is 13.2 Å². The predicted octanol–water partition coefficient (Wildman–Crippen LogP) is 4.37. The molecule has 1 unspecified atom stereocenters. The first-order valence-electron chi connectivity index (χ1n) is 13.8. The second-order valence-corrected chi connectivity index (χ2v) is 11.3. The summed E-state index contributed by atoms with van der Waals surface area (Å²) in [4.78, 5) is 15.7. The van der Waals surface area contributed by atoms with Crippen molar-refractivity contribution in [3.8, 4) is 5.69 Å². The minimum atomic E-state index is -4.60. The molecule has 1 N–H and O–H groups in total. The van der Waals surface area contributed by atoms with Crippen LogP contribution < -0.4 is 5.69 Å². The van der Waals surface area contributed by atoms with Gasteiger partial charge in [0.25, 0.3) is 0 Å². The number of nitrogens with zero attached hydrogens (tertiary/aromatic N) is 6. The Hall–Kier alpha value is -3.44. The number of fused-ring (bicyclic) bond motifs is 1. The summed E-state index contributed by atoms with van der Waals surface area (Å²) in [5, 5.41) is 18.0. The number of likely N-dealkylation sites (tertiary alicyclic amines) is 1. The van der Waals surface area contributed by atoms with E-state index >= 15 is 0 Å². The van der Waals surface area contributed by atoms with Crippen molar-refractivity contribution in [2.45, 2.75) is 50.7 Å². The first kappa shape index (κ1) is 26.8. The lowest BCUT2D eigenvalue weighted by molar-refractivity contribution is -0.136. The number of hydrogen-bond acceptors (Lipinski definition) is 5. The molecule has 0 bridgehead atoms. The molecule has 40 heavy (non-hydrogen) atoms. The number of halogens is 3. The smallest absolute Gasteiger partial charge is 0.396 e. The zero-order valence-corrected chi connectivity index (χ0v) is 22.4. The zero-order chi connectivity index (χ0) is 28.0. The summed E-state index contributed by atoms with van der Waals surface area (Å²) < 4.78 is 46.9. The van der Waals surface area contributed by atoms with E-state index in [0.717, 1.165) is 61.0 Å². The van der Waals surface area contributed by atoms with Crippen LogP contribution in [0.1, 0.15) is 60.5 Å². The highest BCUT2D eigenvalue weighted by Gasteiger charge is 2.39. The molecule has 2 fully saturated rings. The number of aliphatic hydroxyl groups is 1. The molecule has 11 heteroatoms. The summed E-state index contributed by atoms with van der Waals surface area (Å²) in [5.74, 6) is 1.12. The molecular weight excluding hydrogens is 521 g/mol. The maximum absolute atomic E-state index is 14.2. The first-order chi connectivity index (χ1) is 19.2. The van der Waals surface area contributed by atoms with Gasteiger partial charge in [0.05, 0.1) is 16.8 Å². The minimum absolute atomic E-state index is 0.120. The van der Waals surface area contributed by atoms with Gasteiger partial charge in [-0.25, -0.2) is 4.79 Å². The molecule has 0 radical (unpaired) electrons. The van der Waals surface area contributed by atoms with Gasteiger partial charge in [0.15, 0.2) is 0 Å². The average Bonchev–Trinajstić information content (AvgIpc) is 3.48. The number of benzene rings is 1. The van der Waals surface area contributed by atoms with E-state index in [-0.39, 0.29) is 29.9 Å². The average molecular weight is 555 g/mol. The molecule has 2 aliphatic rings. The molecule has 1 saturated carbocycles. The summed E-state index contributed by atoms with van der Waals surface area (Å²) >= 11 is 0. The van der Waals surface area contributed by atoms with Gasteiger partial charge in [0.1, 0.15) is 12.2 Å². The normalized spacial score (nSPS) is 21.0. The Morgan fingerprint density at radius 3 is 2.55 bits per heavy atom. The zero-order valence-electron chi connectivity index (χ0n) is 22.4. The van der Waals surface area contributed by atoms with Crippen LogP contribution in [0.2, 0.25) is 0 Å². The van der Waals surface area contributed by atoms with E-state index in [2.05, 4.69) is 15.1 Å². The van der Waals surface area contributed by atoms with Gasteiger partial charge < -0.3 is 9.67 Å². The SMILES string of the molecule is Cn1cnnc1C(c1cccc(-n2cc3c(C(F)(F)F)cc(CN4CCCCC4)cn3c2=O)c1)C1CC(CO)C1. The van der Waals surface area contributed by atoms with Crippen LogP contribution in [0.25, 0.3) is 11.2 Å². The number of aliphatic hydroxyl groups excluding tert-OH is 1. The topological polar surface area (TPSA) is 80.6 Å². The van der Waals surface area contributed by atoms with Crippen molar-refractivity contribution in [2.75, 3.05) is 19.7 Å². The second-order valence-electron chi connectivity index (χ2n) is 11.3. The van der Waals surface area contributed by atoms with E-state index in [4.69, 9.17) is 0 Å². The molecule has 1 aliphatic heterocycles. The molecular formula is C29H33F3N6O2. The van der Waals surface area contributed by atoms with Crippen LogP contribution >= 0.6 is 0 Å². The number of hydrogen-bond donors (Lipinski definition) is 1. The number of rotatable bonds is 7. The van der Waals surface area contributed by atoms with Gasteiger partial charge in [-0.05, 0) is 79.9 Å². The van der Waals surface area contributed by atoms with Crippen molar-refractivity contribution in [3.05, 3.63) is 82.1 Å². The third kappa shape index (κ3) is 4.96. The van der Waals surface area contributed by atoms with Gasteiger partial charge in [0.2, 0.25) is 0 Å². The third-order valence-electron chi connectivity index (χ3n) is 8.52. The van der Waals surface area contributed by atoms with Crippen molar-refractivity contribution in [2.24, 2.45) is 18.9 Å². The molecule has 4 aromatic rings. The van der Waals surface area contributed by atoms with Crippen molar-refractivity contribution in [1.29, 1.82) is 0 Å². The lowest BCUT2D eigenvalue weighted by Gasteiger charge is -2.39. The molecule has 0 spiro atoms. The Morgan fingerprint density at radius 2 is 1.88 bits per heavy atom. The van der Waals surface area contributed by atoms with Gasteiger partial charge in [-0.3, -0.25) is 13.9 Å². The third-order valence-corrected chi connectivity index (χ3v) is 8.52. The van der Waals surface area contributed by atoms with Gasteiger partial charge in [-0.15, -0.1) is 10.2 Å². The van der Waals surface area contributed by atoms with E-state index in [1.54, 1.807) is 18.6 Å². The Labute approximate surface area is 229 Å². The largest absolute Gasteiger partial charge is 0.418 e. The Kier molecular flexibility index (Phi) is 7.03. The van der Waals surface area contributed by atoms with E-state index < -0.39 is 17.4 Å². The monoisotopic (exact) mass is 554 g/mol. The molecule has 1 aromatic carbocycles. The first-order valence-corrected chi connectivity index (χ1v) is 13.8. The fraction of sp³-hybridized carbons (Fsp3) is 0.483.